The van der Waals surface area contributed by atoms with Gasteiger partial charge in [-0.3, -0.25) is 0 Å². The van der Waals surface area contributed by atoms with Gasteiger partial charge in [-0.15, -0.1) is 0 Å². The number of allylic oxidation sites excluding steroid dienone is 2. The van der Waals surface area contributed by atoms with Crippen LogP contribution in [0.5, 0.6) is 0 Å². The predicted molar refractivity (Wildman–Crippen MR) is 70.0 cm³/mol. The van der Waals surface area contributed by atoms with E-state index in [0.29, 0.717) is 6.42 Å². The Morgan fingerprint density at radius 3 is 2.53 bits per heavy atom. The van der Waals surface area contributed by atoms with Crippen LogP contribution in [0.1, 0.15) is 31.7 Å². The zero-order chi connectivity index (χ0) is 12.8. The van der Waals surface area contributed by atoms with E-state index in [-0.39, 0.29) is 11.5 Å². The van der Waals surface area contributed by atoms with Crippen molar-refractivity contribution in [3.63, 3.8) is 0 Å². The maximum absolute atomic E-state index is 10.7. The van der Waals surface area contributed by atoms with Crippen molar-refractivity contribution in [2.75, 3.05) is 0 Å². The second-order valence-electron chi connectivity index (χ2n) is 4.30. The Morgan fingerprint density at radius 2 is 2.00 bits per heavy atom. The Kier molecular flexibility index (Phi) is 4.70. The minimum Gasteiger partial charge on any atom is -0.478 e. The van der Waals surface area contributed by atoms with Gasteiger partial charge in [0.05, 0.1) is 0 Å². The number of rotatable bonds is 5. The molecule has 0 spiro atoms. The summed E-state index contributed by atoms with van der Waals surface area (Å²) in [5.74, 6) is -0.636. The first kappa shape index (κ1) is 13.2. The molecular formula is C15H18O2. The second-order valence-corrected chi connectivity index (χ2v) is 4.30. The van der Waals surface area contributed by atoms with Crippen LogP contribution in [0.4, 0.5) is 0 Å². The van der Waals surface area contributed by atoms with Gasteiger partial charge in [0.2, 0.25) is 0 Å². The molecule has 0 fully saturated rings. The zero-order valence-electron chi connectivity index (χ0n) is 10.3. The van der Waals surface area contributed by atoms with Gasteiger partial charge in [0.25, 0.3) is 0 Å². The van der Waals surface area contributed by atoms with Crippen LogP contribution in [0.2, 0.25) is 0 Å². The topological polar surface area (TPSA) is 37.3 Å². The van der Waals surface area contributed by atoms with Crippen LogP contribution in [0.25, 0.3) is 0 Å². The van der Waals surface area contributed by atoms with E-state index in [9.17, 15) is 4.79 Å². The van der Waals surface area contributed by atoms with E-state index in [1.165, 1.54) is 5.56 Å². The molecule has 0 saturated heterocycles. The number of carboxylic acids is 1. The Morgan fingerprint density at radius 1 is 1.41 bits per heavy atom. The van der Waals surface area contributed by atoms with E-state index in [2.05, 4.69) is 31.7 Å². The molecule has 0 radical (unpaired) electrons. The molecule has 1 N–H and O–H groups in total. The minimum absolute atomic E-state index is 0.235. The van der Waals surface area contributed by atoms with Crippen LogP contribution in [0.3, 0.4) is 0 Å². The summed E-state index contributed by atoms with van der Waals surface area (Å²) in [6, 6.07) is 10.1. The highest BCUT2D eigenvalue weighted by Crippen LogP contribution is 2.20. The molecule has 1 rings (SSSR count). The molecule has 1 aromatic rings. The van der Waals surface area contributed by atoms with Crippen LogP contribution in [0.15, 0.2) is 54.1 Å². The minimum atomic E-state index is -0.926. The highest BCUT2D eigenvalue weighted by Gasteiger charge is 2.06. The second kappa shape index (κ2) is 6.04. The average Bonchev–Trinajstić information content (AvgIpc) is 2.29. The van der Waals surface area contributed by atoms with Crippen molar-refractivity contribution in [1.29, 1.82) is 0 Å². The maximum atomic E-state index is 10.7. The number of carbonyl (C=O) groups is 1. The van der Waals surface area contributed by atoms with Crippen molar-refractivity contribution in [3.05, 3.63) is 59.7 Å². The number of hydrogen-bond acceptors (Lipinski definition) is 1. The van der Waals surface area contributed by atoms with Crippen molar-refractivity contribution in [1.82, 2.24) is 0 Å². The Bertz CT molecular complexity index is 429. The normalized spacial score (nSPS) is 13.2. The van der Waals surface area contributed by atoms with Crippen LogP contribution in [0, 0.1) is 0 Å². The van der Waals surface area contributed by atoms with Crippen LogP contribution < -0.4 is 0 Å². The predicted octanol–water partition coefficient (Wildman–Crippen LogP) is 3.77. The van der Waals surface area contributed by atoms with Gasteiger partial charge in [0.15, 0.2) is 0 Å². The molecular weight excluding hydrogens is 212 g/mol. The smallest absolute Gasteiger partial charge is 0.331 e. The van der Waals surface area contributed by atoms with E-state index >= 15 is 0 Å². The van der Waals surface area contributed by atoms with Crippen LogP contribution in [-0.4, -0.2) is 11.1 Å². The summed E-state index contributed by atoms with van der Waals surface area (Å²) in [4.78, 5) is 10.7. The van der Waals surface area contributed by atoms with E-state index in [4.69, 9.17) is 5.11 Å². The third-order valence-electron chi connectivity index (χ3n) is 2.65. The summed E-state index contributed by atoms with van der Waals surface area (Å²) < 4.78 is 0. The third-order valence-corrected chi connectivity index (χ3v) is 2.65. The van der Waals surface area contributed by atoms with Crippen LogP contribution in [-0.2, 0) is 4.79 Å². The zero-order valence-corrected chi connectivity index (χ0v) is 10.3. The Labute approximate surface area is 102 Å². The van der Waals surface area contributed by atoms with E-state index in [1.54, 1.807) is 0 Å². The molecule has 2 heteroatoms. The summed E-state index contributed by atoms with van der Waals surface area (Å²) in [7, 11) is 0. The summed E-state index contributed by atoms with van der Waals surface area (Å²) in [5, 5.41) is 8.76. The summed E-state index contributed by atoms with van der Waals surface area (Å²) in [6.07, 6.45) is 2.51. The summed E-state index contributed by atoms with van der Waals surface area (Å²) in [5.41, 5.74) is 2.50. The highest BCUT2D eigenvalue weighted by molar-refractivity contribution is 5.86. The standard InChI is InChI=1S/C15H18O2/c1-11(10-13(3)15(16)17)9-12(2)14-7-5-4-6-8-14/h4-9,12H,3,10H2,1-2H3,(H,16,17)/b11-9+. The maximum Gasteiger partial charge on any atom is 0.331 e. The Balaban J connectivity index is 2.69. The molecule has 90 valence electrons. The van der Waals surface area contributed by atoms with Gasteiger partial charge in [-0.05, 0) is 24.8 Å². The van der Waals surface area contributed by atoms with E-state index < -0.39 is 5.97 Å². The number of carboxylic acid groups (broad SMARTS) is 1. The van der Waals surface area contributed by atoms with Gasteiger partial charge in [0.1, 0.15) is 0 Å². The molecule has 1 aromatic carbocycles. The Hall–Kier alpha value is -1.83. The summed E-state index contributed by atoms with van der Waals surface area (Å²) >= 11 is 0. The monoisotopic (exact) mass is 230 g/mol. The molecule has 17 heavy (non-hydrogen) atoms. The lowest BCUT2D eigenvalue weighted by molar-refractivity contribution is -0.132. The molecule has 1 atom stereocenters. The van der Waals surface area contributed by atoms with Gasteiger partial charge in [0, 0.05) is 5.57 Å². The summed E-state index contributed by atoms with van der Waals surface area (Å²) in [6.45, 7) is 7.57. The molecule has 1 unspecified atom stereocenters. The molecule has 0 bridgehead atoms. The lowest BCUT2D eigenvalue weighted by Gasteiger charge is -2.09. The van der Waals surface area contributed by atoms with E-state index in [0.717, 1.165) is 5.57 Å². The molecule has 0 aromatic heterocycles. The van der Waals surface area contributed by atoms with Crippen LogP contribution >= 0.6 is 0 Å². The fourth-order valence-corrected chi connectivity index (χ4v) is 1.75. The lowest BCUT2D eigenvalue weighted by atomic mass is 9.97. The molecule has 0 amide bonds. The van der Waals surface area contributed by atoms with Crippen molar-refractivity contribution < 1.29 is 9.90 Å². The molecule has 2 nitrogen and oxygen atoms in total. The quantitative estimate of drug-likeness (QED) is 0.617. The van der Waals surface area contributed by atoms with Crippen molar-refractivity contribution in [2.24, 2.45) is 0 Å². The van der Waals surface area contributed by atoms with Gasteiger partial charge in [-0.1, -0.05) is 55.5 Å². The van der Waals surface area contributed by atoms with Crippen molar-refractivity contribution in [2.45, 2.75) is 26.2 Å². The molecule has 0 aliphatic carbocycles. The van der Waals surface area contributed by atoms with Gasteiger partial charge in [-0.2, -0.15) is 0 Å². The number of aliphatic carboxylic acids is 1. The van der Waals surface area contributed by atoms with Gasteiger partial charge in [-0.25, -0.2) is 4.79 Å². The first-order chi connectivity index (χ1) is 8.00. The molecule has 0 aliphatic rings. The SMILES string of the molecule is C=C(C/C(C)=C/C(C)c1ccccc1)C(=O)O. The van der Waals surface area contributed by atoms with E-state index in [1.807, 2.05) is 25.1 Å². The number of hydrogen-bond donors (Lipinski definition) is 1. The third kappa shape index (κ3) is 4.27. The largest absolute Gasteiger partial charge is 0.478 e. The fourth-order valence-electron chi connectivity index (χ4n) is 1.75. The van der Waals surface area contributed by atoms with Gasteiger partial charge < -0.3 is 5.11 Å². The molecule has 0 saturated carbocycles. The average molecular weight is 230 g/mol. The lowest BCUT2D eigenvalue weighted by Crippen LogP contribution is -2.00. The highest BCUT2D eigenvalue weighted by atomic mass is 16.4. The first-order valence-corrected chi connectivity index (χ1v) is 5.64. The molecule has 0 heterocycles. The van der Waals surface area contributed by atoms with Crippen molar-refractivity contribution >= 4 is 5.97 Å². The number of benzene rings is 1. The first-order valence-electron chi connectivity index (χ1n) is 5.64. The van der Waals surface area contributed by atoms with Crippen molar-refractivity contribution in [3.8, 4) is 0 Å². The molecule has 0 aliphatic heterocycles. The fraction of sp³-hybridized carbons (Fsp3) is 0.267. The van der Waals surface area contributed by atoms with Gasteiger partial charge >= 0.3 is 5.97 Å².